The van der Waals surface area contributed by atoms with Gasteiger partial charge < -0.3 is 68.4 Å². The number of aromatic nitrogens is 1. The SMILES string of the molecule is CO/N=C(\C(=O)N[C@@H]1C(=O)N2C(C(=O)OCc3ccc(OC)cc3)=C(C[N+]3(C)CCN(c4ccc(N5C[C@H](CNC(=O)C(F)F)OC5=O)cc4F)CC3)CSC12)c1csc(NC(c2ccccc2)(c2ccccc2)c2ccccc2)n1.[I-]. The van der Waals surface area contributed by atoms with Crippen molar-refractivity contribution in [3.05, 3.63) is 184 Å². The van der Waals surface area contributed by atoms with Gasteiger partial charge in [-0.3, -0.25) is 24.2 Å². The first-order valence-corrected chi connectivity index (χ1v) is 27.8. The number of nitrogens with zero attached hydrogens (tertiary/aromatic N) is 6. The molecule has 4 amide bonds. The van der Waals surface area contributed by atoms with Crippen molar-refractivity contribution in [2.45, 2.75) is 36.1 Å². The lowest BCUT2D eigenvalue weighted by Gasteiger charge is -2.50. The number of fused-ring (bicyclic) bond motifs is 1. The van der Waals surface area contributed by atoms with Gasteiger partial charge in [-0.2, -0.15) is 8.78 Å². The molecule has 428 valence electrons. The van der Waals surface area contributed by atoms with Gasteiger partial charge in [0, 0.05) is 16.7 Å². The zero-order valence-corrected chi connectivity index (χ0v) is 48.4. The van der Waals surface area contributed by atoms with Crippen LogP contribution in [0.2, 0.25) is 0 Å². The number of hydrogen-bond acceptors (Lipinski definition) is 15. The Bertz CT molecular complexity index is 3260. The molecule has 0 bridgehead atoms. The van der Waals surface area contributed by atoms with Crippen LogP contribution in [0.15, 0.2) is 155 Å². The van der Waals surface area contributed by atoms with Crippen LogP contribution < -0.4 is 54.5 Å². The lowest BCUT2D eigenvalue weighted by molar-refractivity contribution is -0.905. The number of alkyl halides is 2. The molecule has 4 aliphatic rings. The smallest absolute Gasteiger partial charge is 0.414 e. The van der Waals surface area contributed by atoms with E-state index in [-0.39, 0.29) is 66.5 Å². The van der Waals surface area contributed by atoms with Gasteiger partial charge in [0.05, 0.1) is 64.8 Å². The Balaban J connectivity index is 0.00000810. The molecule has 3 N–H and O–H groups in total. The Morgan fingerprint density at radius 3 is 2.11 bits per heavy atom. The number of ether oxygens (including phenoxy) is 3. The molecule has 5 aromatic carbocycles. The average molecular weight is 1270 g/mol. The quantitative estimate of drug-likeness (QED) is 0.0188. The summed E-state index contributed by atoms with van der Waals surface area (Å²) in [4.78, 5) is 81.8. The fourth-order valence-corrected chi connectivity index (χ4v) is 12.6. The number of carbonyl (C=O) groups excluding carboxylic acids is 5. The number of benzene rings is 5. The minimum atomic E-state index is -3.22. The summed E-state index contributed by atoms with van der Waals surface area (Å²) in [7, 11) is 4.90. The van der Waals surface area contributed by atoms with E-state index in [0.717, 1.165) is 16.7 Å². The summed E-state index contributed by atoms with van der Waals surface area (Å²) in [6, 6.07) is 40.3. The number of quaternary nitrogens is 1. The van der Waals surface area contributed by atoms with Crippen LogP contribution in [0.5, 0.6) is 5.75 Å². The third kappa shape index (κ3) is 12.4. The summed E-state index contributed by atoms with van der Waals surface area (Å²) in [5, 5.41) is 14.2. The van der Waals surface area contributed by atoms with Gasteiger partial charge in [-0.05, 0) is 52.6 Å². The summed E-state index contributed by atoms with van der Waals surface area (Å²) in [6.45, 7) is 1.73. The number of nitrogens with one attached hydrogen (secondary N) is 3. The van der Waals surface area contributed by atoms with Crippen molar-refractivity contribution < 1.29 is 84.7 Å². The average Bonchev–Trinajstić information content (AvgIpc) is 3.53. The van der Waals surface area contributed by atoms with Crippen molar-refractivity contribution in [1.82, 2.24) is 20.5 Å². The molecule has 3 atom stereocenters. The van der Waals surface area contributed by atoms with Gasteiger partial charge in [0.1, 0.15) is 66.3 Å². The van der Waals surface area contributed by atoms with Crippen molar-refractivity contribution in [2.24, 2.45) is 5.16 Å². The minimum absolute atomic E-state index is 0. The predicted octanol–water partition coefficient (Wildman–Crippen LogP) is 4.12. The first-order chi connectivity index (χ1) is 39.2. The van der Waals surface area contributed by atoms with Gasteiger partial charge in [-0.15, -0.1) is 23.1 Å². The number of β-lactam (4-membered cyclic amide) rings is 1. The Morgan fingerprint density at radius 2 is 1.52 bits per heavy atom. The van der Waals surface area contributed by atoms with Gasteiger partial charge in [-0.25, -0.2) is 19.0 Å². The number of oxime groups is 1. The molecule has 0 saturated carbocycles. The number of hydrogen-bond donors (Lipinski definition) is 3. The van der Waals surface area contributed by atoms with Crippen molar-refractivity contribution in [1.29, 1.82) is 0 Å². The number of thiazole rings is 1. The number of esters is 1. The van der Waals surface area contributed by atoms with Gasteiger partial charge in [0.25, 0.3) is 17.7 Å². The topological polar surface area (TPSA) is 193 Å². The third-order valence-corrected chi connectivity index (χ3v) is 16.8. The molecule has 5 heterocycles. The Labute approximate surface area is 496 Å². The normalized spacial score (nSPS) is 18.6. The van der Waals surface area contributed by atoms with Gasteiger partial charge in [-0.1, -0.05) is 108 Å². The highest BCUT2D eigenvalue weighted by atomic mass is 127. The Morgan fingerprint density at radius 1 is 0.890 bits per heavy atom. The lowest BCUT2D eigenvalue weighted by Crippen LogP contribution is -3.00. The largest absolute Gasteiger partial charge is 1.00 e. The second-order valence-corrected chi connectivity index (χ2v) is 21.8. The summed E-state index contributed by atoms with van der Waals surface area (Å²) in [5.74, 6) is -3.06. The van der Waals surface area contributed by atoms with E-state index in [9.17, 15) is 32.8 Å². The number of anilines is 3. The Kier molecular flexibility index (Phi) is 18.4. The zero-order valence-electron chi connectivity index (χ0n) is 44.6. The highest BCUT2D eigenvalue weighted by molar-refractivity contribution is 8.00. The molecule has 6 aromatic rings. The molecule has 18 nitrogen and oxygen atoms in total. The molecule has 1 unspecified atom stereocenters. The number of rotatable bonds is 20. The van der Waals surface area contributed by atoms with E-state index in [4.69, 9.17) is 24.0 Å². The maximum absolute atomic E-state index is 15.9. The van der Waals surface area contributed by atoms with Gasteiger partial charge in [0.2, 0.25) is 0 Å². The monoisotopic (exact) mass is 1270 g/mol. The van der Waals surface area contributed by atoms with Crippen LogP contribution in [0.1, 0.15) is 27.9 Å². The van der Waals surface area contributed by atoms with Crippen LogP contribution >= 0.6 is 23.1 Å². The number of likely N-dealkylation sites (N-methyl/N-ethyl adjacent to an activating group) is 1. The van der Waals surface area contributed by atoms with Crippen LogP contribution in [0.3, 0.4) is 0 Å². The second kappa shape index (κ2) is 25.6. The number of thioether (sulfide) groups is 1. The van der Waals surface area contributed by atoms with Crippen molar-refractivity contribution in [3.63, 3.8) is 0 Å². The zero-order chi connectivity index (χ0) is 56.8. The van der Waals surface area contributed by atoms with Gasteiger partial charge >= 0.3 is 18.5 Å². The van der Waals surface area contributed by atoms with E-state index in [1.54, 1.807) is 48.9 Å². The first kappa shape index (κ1) is 59.0. The third-order valence-electron chi connectivity index (χ3n) is 14.7. The van der Waals surface area contributed by atoms with E-state index < -0.39 is 65.1 Å². The van der Waals surface area contributed by atoms with Crippen LogP contribution in [-0.4, -0.2) is 147 Å². The number of amides is 4. The maximum Gasteiger partial charge on any atom is 0.414 e. The summed E-state index contributed by atoms with van der Waals surface area (Å²) in [6.07, 6.45) is -4.92. The molecular weight excluding hydrogens is 1210 g/mol. The highest BCUT2D eigenvalue weighted by Gasteiger charge is 2.55. The molecular formula is C58H57F3IN9O9S2. The van der Waals surface area contributed by atoms with E-state index in [0.29, 0.717) is 70.7 Å². The van der Waals surface area contributed by atoms with Crippen LogP contribution in [-0.2, 0) is 45.6 Å². The molecule has 0 aliphatic carbocycles. The van der Waals surface area contributed by atoms with E-state index in [1.807, 2.05) is 108 Å². The lowest BCUT2D eigenvalue weighted by atomic mass is 9.77. The molecule has 10 rings (SSSR count). The fourth-order valence-electron chi connectivity index (χ4n) is 10.5. The molecule has 0 radical (unpaired) electrons. The number of cyclic esters (lactones) is 1. The first-order valence-electron chi connectivity index (χ1n) is 25.9. The fraction of sp³-hybridized carbons (Fsp3) is 0.293. The standard InChI is InChI=1S/C58H56F3N9O9S2.HI/c1-70(27-25-67(26-28-70)46-24-21-41(29-44(46)59)68-31-43(79-57(68)75)30-62-52(72)50(60)61)32-37-34-80-54-48(53(73)69(54)49(37)55(74)78-33-36-19-22-42(76-2)23-20-36)64-51(71)47(66-77-3)45-35-81-56(63-45)65-58(38-13-7-4-8-14-38,39-15-9-5-10-16-39)40-17-11-6-12-18-40;/h4-24,29,35,43,48,50,54H,25-28,30-34H2,1-3H3,(H2-,62,63,64,65,71,72);1H/b66-47-;/t43-,48+,54?;/m0./s1. The molecule has 24 heteroatoms. The molecule has 0 spiro atoms. The number of methoxy groups -OCH3 is 1. The second-order valence-electron chi connectivity index (χ2n) is 19.9. The summed E-state index contributed by atoms with van der Waals surface area (Å²) < 4.78 is 58.1. The maximum atomic E-state index is 15.9. The molecule has 3 saturated heterocycles. The predicted molar refractivity (Wildman–Crippen MR) is 299 cm³/mol. The van der Waals surface area contributed by atoms with Crippen LogP contribution in [0.25, 0.3) is 0 Å². The van der Waals surface area contributed by atoms with E-state index in [2.05, 4.69) is 15.8 Å². The Hall–Kier alpha value is -7.68. The van der Waals surface area contributed by atoms with Gasteiger partial charge in [0.15, 0.2) is 10.8 Å². The summed E-state index contributed by atoms with van der Waals surface area (Å²) >= 11 is 2.68. The highest BCUT2D eigenvalue weighted by Crippen LogP contribution is 2.43. The van der Waals surface area contributed by atoms with E-state index >= 15 is 4.39 Å². The number of carbonyl (C=O) groups is 5. The van der Waals surface area contributed by atoms with Crippen molar-refractivity contribution in [2.75, 3.05) is 88.0 Å². The molecule has 82 heavy (non-hydrogen) atoms. The molecule has 1 aromatic heterocycles. The molecule has 3 fully saturated rings. The molecule has 4 aliphatic heterocycles. The number of piperazine rings is 1. The van der Waals surface area contributed by atoms with Crippen molar-refractivity contribution in [3.8, 4) is 5.75 Å². The number of halogens is 4. The minimum Gasteiger partial charge on any atom is -1.00 e. The summed E-state index contributed by atoms with van der Waals surface area (Å²) in [5.41, 5.74) is 3.97. The van der Waals surface area contributed by atoms with Crippen molar-refractivity contribution >= 4 is 75.1 Å². The van der Waals surface area contributed by atoms with Crippen LogP contribution in [0.4, 0.5) is 34.5 Å². The van der Waals surface area contributed by atoms with E-state index in [1.165, 1.54) is 46.1 Å². The van der Waals surface area contributed by atoms with Crippen LogP contribution in [0, 0.1) is 5.82 Å².